The van der Waals surface area contributed by atoms with E-state index < -0.39 is 40.2 Å². The van der Waals surface area contributed by atoms with Crippen molar-refractivity contribution >= 4 is 38.9 Å². The van der Waals surface area contributed by atoms with Gasteiger partial charge in [0.15, 0.2) is 27.2 Å². The molecule has 31 heavy (non-hydrogen) atoms. The molecule has 0 unspecified atom stereocenters. The lowest BCUT2D eigenvalue weighted by Crippen LogP contribution is -2.22. The maximum Gasteiger partial charge on any atom is 0.273 e. The molecule has 11 nitrogen and oxygen atoms in total. The molecule has 0 aliphatic heterocycles. The Hall–Kier alpha value is -3.74. The van der Waals surface area contributed by atoms with Crippen LogP contribution in [0.4, 0.5) is 27.5 Å². The molecule has 0 aliphatic rings. The highest BCUT2D eigenvalue weighted by Crippen LogP contribution is 2.27. The van der Waals surface area contributed by atoms with Crippen LogP contribution in [0.2, 0.25) is 0 Å². The van der Waals surface area contributed by atoms with Gasteiger partial charge in [-0.15, -0.1) is 10.2 Å². The van der Waals surface area contributed by atoms with E-state index in [1.807, 2.05) is 0 Å². The van der Waals surface area contributed by atoms with Gasteiger partial charge in [0.25, 0.3) is 5.91 Å². The Labute approximate surface area is 181 Å². The molecular formula is C18H19FN8O3S. The Balaban J connectivity index is 2.09. The second kappa shape index (κ2) is 8.55. The first kappa shape index (κ1) is 18.1. The van der Waals surface area contributed by atoms with E-state index >= 15 is 0 Å². The van der Waals surface area contributed by atoms with Gasteiger partial charge in [-0.1, -0.05) is 0 Å². The number of nitrogens with zero attached hydrogens (tertiary/aromatic N) is 5. The summed E-state index contributed by atoms with van der Waals surface area (Å²) in [6.45, 7) is 0.600. The maximum atomic E-state index is 13.8. The SMILES string of the molecule is [2H]C([2H])([2H])NC(=O)c1nnc(Nc2cc(C)nc(C)n2)cc1Nc1nc(F)ccc1S(C)(=O)=O. The highest BCUT2D eigenvalue weighted by Gasteiger charge is 2.20. The Bertz CT molecular complexity index is 1350. The lowest BCUT2D eigenvalue weighted by atomic mass is 10.3. The van der Waals surface area contributed by atoms with Gasteiger partial charge >= 0.3 is 0 Å². The average Bonchev–Trinajstić information content (AvgIpc) is 2.65. The number of aromatic nitrogens is 5. The van der Waals surface area contributed by atoms with Crippen LogP contribution >= 0.6 is 0 Å². The molecule has 13 heteroatoms. The first-order chi connectivity index (χ1) is 15.7. The monoisotopic (exact) mass is 449 g/mol. The number of hydrogen-bond donors (Lipinski definition) is 3. The van der Waals surface area contributed by atoms with Gasteiger partial charge in [0.05, 0.1) is 5.69 Å². The van der Waals surface area contributed by atoms with Gasteiger partial charge in [0.2, 0.25) is 5.95 Å². The molecule has 3 heterocycles. The number of nitrogens with one attached hydrogen (secondary N) is 3. The number of anilines is 4. The fraction of sp³-hybridized carbons (Fsp3) is 0.222. The average molecular weight is 449 g/mol. The van der Waals surface area contributed by atoms with Crippen LogP contribution in [-0.2, 0) is 9.84 Å². The van der Waals surface area contributed by atoms with E-state index in [9.17, 15) is 17.6 Å². The first-order valence-corrected chi connectivity index (χ1v) is 10.5. The van der Waals surface area contributed by atoms with Crippen LogP contribution in [0.5, 0.6) is 0 Å². The van der Waals surface area contributed by atoms with Gasteiger partial charge in [-0.2, -0.15) is 4.39 Å². The van der Waals surface area contributed by atoms with Gasteiger partial charge in [-0.05, 0) is 26.0 Å². The van der Waals surface area contributed by atoms with Crippen molar-refractivity contribution in [2.75, 3.05) is 23.9 Å². The zero-order chi connectivity index (χ0) is 25.3. The minimum atomic E-state index is -3.85. The summed E-state index contributed by atoms with van der Waals surface area (Å²) in [7, 11) is -3.85. The largest absolute Gasteiger partial charge is 0.354 e. The van der Waals surface area contributed by atoms with Crippen molar-refractivity contribution < 1.29 is 21.7 Å². The number of halogens is 1. The molecule has 0 saturated heterocycles. The van der Waals surface area contributed by atoms with E-state index in [1.54, 1.807) is 25.2 Å². The maximum absolute atomic E-state index is 13.8. The second-order valence-electron chi connectivity index (χ2n) is 6.39. The third kappa shape index (κ3) is 5.25. The molecule has 0 aliphatic carbocycles. The van der Waals surface area contributed by atoms with Gasteiger partial charge < -0.3 is 16.0 Å². The van der Waals surface area contributed by atoms with Crippen LogP contribution in [-0.4, -0.2) is 52.7 Å². The van der Waals surface area contributed by atoms with E-state index in [0.29, 0.717) is 17.3 Å². The van der Waals surface area contributed by atoms with Gasteiger partial charge in [-0.25, -0.2) is 23.4 Å². The van der Waals surface area contributed by atoms with Crippen molar-refractivity contribution in [3.8, 4) is 0 Å². The van der Waals surface area contributed by atoms with Crippen molar-refractivity contribution in [1.29, 1.82) is 0 Å². The molecule has 0 saturated carbocycles. The quantitative estimate of drug-likeness (QED) is 0.474. The number of pyridine rings is 1. The number of carbonyl (C=O) groups is 1. The fourth-order valence-electron chi connectivity index (χ4n) is 2.63. The predicted molar refractivity (Wildman–Crippen MR) is 111 cm³/mol. The van der Waals surface area contributed by atoms with Crippen LogP contribution in [0, 0.1) is 19.8 Å². The number of sulfone groups is 1. The molecule has 3 aromatic heterocycles. The van der Waals surface area contributed by atoms with E-state index in [4.69, 9.17) is 4.11 Å². The van der Waals surface area contributed by atoms with Crippen molar-refractivity contribution in [2.45, 2.75) is 18.7 Å². The number of amides is 1. The molecule has 1 amide bonds. The molecule has 3 N–H and O–H groups in total. The van der Waals surface area contributed by atoms with Crippen LogP contribution in [0.3, 0.4) is 0 Å². The topological polar surface area (TPSA) is 152 Å². The summed E-state index contributed by atoms with van der Waals surface area (Å²) in [6.07, 6.45) is 0.896. The molecule has 3 aromatic rings. The van der Waals surface area contributed by atoms with Crippen LogP contribution < -0.4 is 16.0 Å². The van der Waals surface area contributed by atoms with Crippen LogP contribution in [0.1, 0.15) is 26.1 Å². The van der Waals surface area contributed by atoms with E-state index in [0.717, 1.165) is 18.4 Å². The van der Waals surface area contributed by atoms with E-state index in [1.165, 1.54) is 6.07 Å². The molecule has 0 atom stereocenters. The van der Waals surface area contributed by atoms with E-state index in [2.05, 4.69) is 35.8 Å². The predicted octanol–water partition coefficient (Wildman–Crippen LogP) is 1.67. The van der Waals surface area contributed by atoms with Crippen LogP contribution in [0.25, 0.3) is 0 Å². The molecule has 0 bridgehead atoms. The number of carbonyl (C=O) groups excluding carboxylic acids is 1. The van der Waals surface area contributed by atoms with Crippen LogP contribution in [0.15, 0.2) is 29.2 Å². The van der Waals surface area contributed by atoms with Crippen molar-refractivity contribution in [2.24, 2.45) is 0 Å². The molecule has 3 rings (SSSR count). The van der Waals surface area contributed by atoms with E-state index in [-0.39, 0.29) is 16.4 Å². The molecule has 162 valence electrons. The highest BCUT2D eigenvalue weighted by atomic mass is 32.2. The Kier molecular flexibility index (Phi) is 4.98. The number of rotatable bonds is 6. The van der Waals surface area contributed by atoms with Gasteiger partial charge in [0.1, 0.15) is 16.5 Å². The Morgan fingerprint density at radius 2 is 1.84 bits per heavy atom. The summed E-state index contributed by atoms with van der Waals surface area (Å²) in [5, 5.41) is 14.8. The number of hydrogen-bond acceptors (Lipinski definition) is 10. The number of aryl methyl sites for hydroxylation is 2. The second-order valence-corrected chi connectivity index (χ2v) is 8.37. The Morgan fingerprint density at radius 1 is 1.06 bits per heavy atom. The first-order valence-electron chi connectivity index (χ1n) is 10.1. The van der Waals surface area contributed by atoms with Gasteiger partial charge in [-0.3, -0.25) is 4.79 Å². The molecule has 0 radical (unpaired) electrons. The minimum Gasteiger partial charge on any atom is -0.354 e. The summed E-state index contributed by atoms with van der Waals surface area (Å²) in [5.41, 5.74) is -0.0243. The zero-order valence-corrected chi connectivity index (χ0v) is 17.4. The summed E-state index contributed by atoms with van der Waals surface area (Å²) < 4.78 is 59.8. The summed E-state index contributed by atoms with van der Waals surface area (Å²) in [6, 6.07) is 4.73. The summed E-state index contributed by atoms with van der Waals surface area (Å²) >= 11 is 0. The smallest absolute Gasteiger partial charge is 0.273 e. The zero-order valence-electron chi connectivity index (χ0n) is 19.6. The molecular weight excluding hydrogens is 427 g/mol. The third-order valence-corrected chi connectivity index (χ3v) is 4.95. The summed E-state index contributed by atoms with van der Waals surface area (Å²) in [5.74, 6) is -1.67. The minimum absolute atomic E-state index is 0.0581. The Morgan fingerprint density at radius 3 is 2.52 bits per heavy atom. The molecule has 0 spiro atoms. The van der Waals surface area contributed by atoms with Crippen molar-refractivity contribution in [1.82, 2.24) is 30.5 Å². The van der Waals surface area contributed by atoms with Crippen molar-refractivity contribution in [3.63, 3.8) is 0 Å². The lowest BCUT2D eigenvalue weighted by molar-refractivity contribution is 0.0958. The van der Waals surface area contributed by atoms with Gasteiger partial charge in [0, 0.05) is 35.2 Å². The normalized spacial score (nSPS) is 13.0. The van der Waals surface area contributed by atoms with Crippen molar-refractivity contribution in [3.05, 3.63) is 47.4 Å². The highest BCUT2D eigenvalue weighted by molar-refractivity contribution is 7.90. The fourth-order valence-corrected chi connectivity index (χ4v) is 3.39. The summed E-state index contributed by atoms with van der Waals surface area (Å²) in [4.78, 5) is 24.1. The standard InChI is InChI=1S/C18H19FN8O3S/c1-9-7-14(22-10(2)21-9)25-15-8-11(16(27-26-15)18(28)20-3)23-17-12(31(4,29)30)5-6-13(19)24-17/h5-8H,1-4H3,(H,20,28)(H2,21,22,23,24,25,26)/i3D3. The molecule has 0 fully saturated rings. The lowest BCUT2D eigenvalue weighted by Gasteiger charge is -2.14. The third-order valence-electron chi connectivity index (χ3n) is 3.82. The molecule has 0 aromatic carbocycles.